The molecule has 11 heteroatoms. The summed E-state index contributed by atoms with van der Waals surface area (Å²) in [5.74, 6) is -1.27. The van der Waals surface area contributed by atoms with E-state index in [0.717, 1.165) is 57.8 Å². The van der Waals surface area contributed by atoms with Crippen molar-refractivity contribution in [3.63, 3.8) is 0 Å². The molecule has 1 rings (SSSR count). The van der Waals surface area contributed by atoms with Crippen LogP contribution in [0.25, 0.3) is 0 Å². The number of aliphatic hydroxyl groups is 1. The number of carbonyl (C=O) groups excluding carboxylic acids is 3. The van der Waals surface area contributed by atoms with Crippen molar-refractivity contribution in [2.24, 2.45) is 11.8 Å². The smallest absolute Gasteiger partial charge is 0.462 e. The van der Waals surface area contributed by atoms with E-state index in [1.165, 1.54) is 12.8 Å². The van der Waals surface area contributed by atoms with E-state index in [-0.39, 0.29) is 37.1 Å². The fourth-order valence-corrected chi connectivity index (χ4v) is 5.59. The standard InChI is InChI=1S/C37H61O10P/c1-3-5-7-8-9-10-11-12-13-14-20-24-37(41)47-33(30-46-48(42,43)44)29-45-36(40)23-19-16-15-18-21-31-25-28-35(39)34(31)27-26-32(38)22-17-6-4-2/h8-9,15,18,25-28,31-34,38H,3-7,10-14,16-17,19-24,29-30H2,1-2H3,(H2,42,43,44)/b9-8-,18-15-,27-26+/t31-,32-,33+,34+/m0/s1. The summed E-state index contributed by atoms with van der Waals surface area (Å²) in [6.07, 6.45) is 29.0. The van der Waals surface area contributed by atoms with Gasteiger partial charge in [-0.3, -0.25) is 18.9 Å². The molecule has 1 aliphatic carbocycles. The number of allylic oxidation sites excluding steroid dienone is 7. The van der Waals surface area contributed by atoms with E-state index >= 15 is 0 Å². The Morgan fingerprint density at radius 3 is 2.21 bits per heavy atom. The molecule has 0 aliphatic heterocycles. The predicted molar refractivity (Wildman–Crippen MR) is 188 cm³/mol. The molecule has 0 saturated heterocycles. The highest BCUT2D eigenvalue weighted by molar-refractivity contribution is 7.46. The molecule has 4 atom stereocenters. The minimum absolute atomic E-state index is 0.0281. The third-order valence-electron chi connectivity index (χ3n) is 8.07. The molecule has 0 heterocycles. The van der Waals surface area contributed by atoms with Crippen molar-refractivity contribution >= 4 is 25.5 Å². The minimum atomic E-state index is -4.80. The van der Waals surface area contributed by atoms with E-state index in [9.17, 15) is 24.1 Å². The number of hydrogen-bond donors (Lipinski definition) is 3. The third kappa shape index (κ3) is 23.9. The van der Waals surface area contributed by atoms with Crippen LogP contribution in [0.3, 0.4) is 0 Å². The van der Waals surface area contributed by atoms with Crippen LogP contribution in [0.1, 0.15) is 129 Å². The molecule has 0 amide bonds. The van der Waals surface area contributed by atoms with Gasteiger partial charge in [0.15, 0.2) is 11.9 Å². The van der Waals surface area contributed by atoms with E-state index in [2.05, 4.69) is 30.5 Å². The van der Waals surface area contributed by atoms with E-state index < -0.39 is 38.6 Å². The molecule has 0 fully saturated rings. The first-order valence-corrected chi connectivity index (χ1v) is 19.5. The lowest BCUT2D eigenvalue weighted by molar-refractivity contribution is -0.161. The third-order valence-corrected chi connectivity index (χ3v) is 8.55. The Bertz CT molecular complexity index is 1060. The van der Waals surface area contributed by atoms with Crippen LogP contribution in [0.2, 0.25) is 0 Å². The fourth-order valence-electron chi connectivity index (χ4n) is 5.22. The van der Waals surface area contributed by atoms with Gasteiger partial charge in [-0.25, -0.2) is 4.57 Å². The summed E-state index contributed by atoms with van der Waals surface area (Å²) in [6.45, 7) is 3.33. The van der Waals surface area contributed by atoms with Crippen molar-refractivity contribution < 1.29 is 47.8 Å². The summed E-state index contributed by atoms with van der Waals surface area (Å²) in [5, 5.41) is 10.2. The Morgan fingerprint density at radius 1 is 0.833 bits per heavy atom. The van der Waals surface area contributed by atoms with Crippen molar-refractivity contribution in [1.82, 2.24) is 0 Å². The zero-order valence-electron chi connectivity index (χ0n) is 29.2. The van der Waals surface area contributed by atoms with Crippen LogP contribution in [-0.4, -0.2) is 58.0 Å². The molecule has 0 unspecified atom stereocenters. The van der Waals surface area contributed by atoms with E-state index in [1.807, 2.05) is 24.3 Å². The molecular formula is C37H61O10P. The van der Waals surface area contributed by atoms with Gasteiger partial charge in [0.2, 0.25) is 0 Å². The quantitative estimate of drug-likeness (QED) is 0.0303. The number of phosphoric acid groups is 1. The number of unbranched alkanes of at least 4 members (excludes halogenated alkanes) is 10. The number of hydrogen-bond acceptors (Lipinski definition) is 8. The van der Waals surface area contributed by atoms with Gasteiger partial charge < -0.3 is 24.4 Å². The Morgan fingerprint density at radius 2 is 1.48 bits per heavy atom. The number of rotatable bonds is 29. The molecule has 3 N–H and O–H groups in total. The molecule has 0 spiro atoms. The molecule has 0 bridgehead atoms. The summed E-state index contributed by atoms with van der Waals surface area (Å²) in [5.41, 5.74) is 0. The number of ketones is 1. The van der Waals surface area contributed by atoms with Crippen LogP contribution < -0.4 is 0 Å². The predicted octanol–water partition coefficient (Wildman–Crippen LogP) is 8.01. The second-order valence-corrected chi connectivity index (χ2v) is 13.7. The van der Waals surface area contributed by atoms with Crippen LogP contribution in [-0.2, 0) is 32.9 Å². The molecule has 1 aliphatic rings. The SMILES string of the molecule is CCCC/C=C\CCCCCCCC(=O)O[C@H](COC(=O)CCC/C=C\C[C@H]1C=CC(=O)[C@@H]1/C=C/[C@@H](O)CCCCC)COP(=O)(O)O. The molecule has 0 aromatic heterocycles. The first kappa shape index (κ1) is 43.7. The zero-order chi connectivity index (χ0) is 35.5. The highest BCUT2D eigenvalue weighted by Crippen LogP contribution is 2.36. The topological polar surface area (TPSA) is 157 Å². The lowest BCUT2D eigenvalue weighted by Gasteiger charge is -2.18. The number of aliphatic hydroxyl groups excluding tert-OH is 1. The zero-order valence-corrected chi connectivity index (χ0v) is 30.1. The first-order valence-electron chi connectivity index (χ1n) is 18.0. The lowest BCUT2D eigenvalue weighted by Crippen LogP contribution is -2.29. The summed E-state index contributed by atoms with van der Waals surface area (Å²) in [7, 11) is -4.80. The monoisotopic (exact) mass is 696 g/mol. The van der Waals surface area contributed by atoms with Crippen molar-refractivity contribution in [3.05, 3.63) is 48.6 Å². The fraction of sp³-hybridized carbons (Fsp3) is 0.703. The van der Waals surface area contributed by atoms with Crippen molar-refractivity contribution in [1.29, 1.82) is 0 Å². The Balaban J connectivity index is 2.34. The average molecular weight is 697 g/mol. The summed E-state index contributed by atoms with van der Waals surface area (Å²) < 4.78 is 26.2. The van der Waals surface area contributed by atoms with E-state index in [0.29, 0.717) is 32.1 Å². The van der Waals surface area contributed by atoms with Gasteiger partial charge in [0.25, 0.3) is 0 Å². The molecule has 48 heavy (non-hydrogen) atoms. The van der Waals surface area contributed by atoms with Crippen LogP contribution in [0.15, 0.2) is 48.6 Å². The van der Waals surface area contributed by atoms with E-state index in [1.54, 1.807) is 12.2 Å². The van der Waals surface area contributed by atoms with Crippen LogP contribution >= 0.6 is 7.82 Å². The maximum Gasteiger partial charge on any atom is 0.469 e. The van der Waals surface area contributed by atoms with Gasteiger partial charge in [0.05, 0.1) is 12.7 Å². The van der Waals surface area contributed by atoms with Crippen molar-refractivity contribution in [3.8, 4) is 0 Å². The van der Waals surface area contributed by atoms with Crippen LogP contribution in [0.5, 0.6) is 0 Å². The van der Waals surface area contributed by atoms with Gasteiger partial charge in [-0.15, -0.1) is 0 Å². The molecule has 0 radical (unpaired) electrons. The van der Waals surface area contributed by atoms with Crippen LogP contribution in [0.4, 0.5) is 0 Å². The van der Waals surface area contributed by atoms with E-state index in [4.69, 9.17) is 19.3 Å². The highest BCUT2D eigenvalue weighted by atomic mass is 31.2. The van der Waals surface area contributed by atoms with Gasteiger partial charge in [0.1, 0.15) is 6.61 Å². The van der Waals surface area contributed by atoms with Crippen molar-refractivity contribution in [2.45, 2.75) is 142 Å². The summed E-state index contributed by atoms with van der Waals surface area (Å²) in [4.78, 5) is 55.0. The van der Waals surface area contributed by atoms with Gasteiger partial charge in [-0.2, -0.15) is 0 Å². The Hall–Kier alpha value is -2.36. The van der Waals surface area contributed by atoms with Gasteiger partial charge in [0, 0.05) is 18.8 Å². The van der Waals surface area contributed by atoms with Gasteiger partial charge >= 0.3 is 19.8 Å². The number of ether oxygens (including phenoxy) is 2. The first-order chi connectivity index (χ1) is 23.1. The van der Waals surface area contributed by atoms with Crippen LogP contribution in [0, 0.1) is 11.8 Å². The molecule has 274 valence electrons. The minimum Gasteiger partial charge on any atom is -0.462 e. The molecular weight excluding hydrogens is 635 g/mol. The van der Waals surface area contributed by atoms with Crippen molar-refractivity contribution in [2.75, 3.05) is 13.2 Å². The summed E-state index contributed by atoms with van der Waals surface area (Å²) in [6, 6.07) is 0. The molecule has 0 saturated carbocycles. The number of phosphoric ester groups is 1. The molecule has 0 aromatic carbocycles. The Kier molecular flexibility index (Phi) is 25.0. The maximum absolute atomic E-state index is 12.3. The second kappa shape index (κ2) is 27.5. The number of carbonyl (C=O) groups is 3. The maximum atomic E-state index is 12.3. The molecule has 0 aromatic rings. The Labute approximate surface area is 288 Å². The lowest BCUT2D eigenvalue weighted by atomic mass is 9.90. The average Bonchev–Trinajstić information content (AvgIpc) is 3.39. The van der Waals surface area contributed by atoms with Gasteiger partial charge in [-0.05, 0) is 63.4 Å². The second-order valence-electron chi connectivity index (χ2n) is 12.5. The number of esters is 2. The normalized spacial score (nSPS) is 18.0. The highest BCUT2D eigenvalue weighted by Gasteiger charge is 2.27. The largest absolute Gasteiger partial charge is 0.469 e. The summed E-state index contributed by atoms with van der Waals surface area (Å²) >= 11 is 0. The van der Waals surface area contributed by atoms with Gasteiger partial charge in [-0.1, -0.05) is 108 Å². The molecule has 10 nitrogen and oxygen atoms in total.